The number of aromatic nitrogens is 1. The van der Waals surface area contributed by atoms with Gasteiger partial charge >= 0.3 is 0 Å². The van der Waals surface area contributed by atoms with E-state index in [1.54, 1.807) is 12.1 Å². The molecule has 0 saturated carbocycles. The molecule has 0 aliphatic rings. The van der Waals surface area contributed by atoms with Gasteiger partial charge in [-0.1, -0.05) is 36.4 Å². The highest BCUT2D eigenvalue weighted by Gasteiger charge is 2.13. The molecule has 0 aliphatic heterocycles. The first-order chi connectivity index (χ1) is 11.2. The molecule has 0 bridgehead atoms. The number of nitrogens with zero attached hydrogens (tertiary/aromatic N) is 1. The van der Waals surface area contributed by atoms with Crippen LogP contribution < -0.4 is 5.73 Å². The lowest BCUT2D eigenvalue weighted by atomic mass is 10.1. The van der Waals surface area contributed by atoms with Gasteiger partial charge in [0.25, 0.3) is 0 Å². The topological polar surface area (TPSA) is 72.3 Å². The fourth-order valence-corrected chi connectivity index (χ4v) is 2.58. The Morgan fingerprint density at radius 2 is 1.70 bits per heavy atom. The Labute approximate surface area is 132 Å². The summed E-state index contributed by atoms with van der Waals surface area (Å²) < 4.78 is 5.75. The number of anilines is 1. The Balaban J connectivity index is 1.82. The van der Waals surface area contributed by atoms with Crippen molar-refractivity contribution in [2.45, 2.75) is 0 Å². The number of oxazole rings is 1. The van der Waals surface area contributed by atoms with Crippen molar-refractivity contribution in [2.24, 2.45) is 0 Å². The summed E-state index contributed by atoms with van der Waals surface area (Å²) in [6.07, 6.45) is 0. The molecule has 0 amide bonds. The Morgan fingerprint density at radius 1 is 0.870 bits per heavy atom. The maximum absolute atomic E-state index is 10.0. The van der Waals surface area contributed by atoms with E-state index in [2.05, 4.69) is 4.98 Å². The first-order valence-corrected chi connectivity index (χ1v) is 7.25. The molecule has 1 aromatic heterocycles. The number of hydrogen-bond donors (Lipinski definition) is 2. The standard InChI is InChI=1S/C19H14N2O2/c20-14-7-8-15(17(22)11-14)19-21-16-10-13(6-9-18(16)23-19)12-4-2-1-3-5-12/h1-11,22H,20H2. The van der Waals surface area contributed by atoms with Crippen molar-refractivity contribution in [1.29, 1.82) is 0 Å². The maximum atomic E-state index is 10.0. The van der Waals surface area contributed by atoms with Crippen molar-refractivity contribution in [1.82, 2.24) is 4.98 Å². The van der Waals surface area contributed by atoms with E-state index < -0.39 is 0 Å². The van der Waals surface area contributed by atoms with Crippen molar-refractivity contribution >= 4 is 16.8 Å². The van der Waals surface area contributed by atoms with Gasteiger partial charge < -0.3 is 15.3 Å². The SMILES string of the molecule is Nc1ccc(-c2nc3cc(-c4ccccc4)ccc3o2)c(O)c1. The molecule has 3 aromatic carbocycles. The van der Waals surface area contributed by atoms with Crippen molar-refractivity contribution in [2.75, 3.05) is 5.73 Å². The van der Waals surface area contributed by atoms with Crippen molar-refractivity contribution in [3.63, 3.8) is 0 Å². The third-order valence-corrected chi connectivity index (χ3v) is 3.75. The molecule has 1 heterocycles. The third kappa shape index (κ3) is 2.40. The molecule has 0 radical (unpaired) electrons. The van der Waals surface area contributed by atoms with E-state index >= 15 is 0 Å². The number of nitrogens with two attached hydrogens (primary N) is 1. The lowest BCUT2D eigenvalue weighted by molar-refractivity contribution is 0.474. The van der Waals surface area contributed by atoms with E-state index in [9.17, 15) is 5.11 Å². The molecule has 0 spiro atoms. The zero-order valence-corrected chi connectivity index (χ0v) is 12.2. The van der Waals surface area contributed by atoms with Crippen molar-refractivity contribution in [3.05, 3.63) is 66.7 Å². The largest absolute Gasteiger partial charge is 0.507 e. The average molecular weight is 302 g/mol. The molecule has 0 aliphatic carbocycles. The van der Waals surface area contributed by atoms with Crippen molar-refractivity contribution in [3.8, 4) is 28.3 Å². The van der Waals surface area contributed by atoms with Crippen LogP contribution in [0.4, 0.5) is 5.69 Å². The normalized spacial score (nSPS) is 11.0. The van der Waals surface area contributed by atoms with Crippen LogP contribution in [0.15, 0.2) is 71.1 Å². The van der Waals surface area contributed by atoms with Gasteiger partial charge in [-0.3, -0.25) is 0 Å². The molecule has 0 fully saturated rings. The Morgan fingerprint density at radius 3 is 2.48 bits per heavy atom. The highest BCUT2D eigenvalue weighted by atomic mass is 16.3. The number of rotatable bonds is 2. The average Bonchev–Trinajstić information content (AvgIpc) is 2.98. The van der Waals surface area contributed by atoms with Crippen LogP contribution in [-0.4, -0.2) is 10.1 Å². The fraction of sp³-hybridized carbons (Fsp3) is 0. The maximum Gasteiger partial charge on any atom is 0.231 e. The molecule has 3 N–H and O–H groups in total. The third-order valence-electron chi connectivity index (χ3n) is 3.75. The van der Waals surface area contributed by atoms with E-state index in [-0.39, 0.29) is 5.75 Å². The lowest BCUT2D eigenvalue weighted by Gasteiger charge is -2.00. The molecule has 0 atom stereocenters. The van der Waals surface area contributed by atoms with Gasteiger partial charge in [0, 0.05) is 11.8 Å². The second-order valence-electron chi connectivity index (χ2n) is 5.34. The van der Waals surface area contributed by atoms with E-state index in [0.29, 0.717) is 22.7 Å². The van der Waals surface area contributed by atoms with Crippen LogP contribution in [0.5, 0.6) is 5.75 Å². The smallest absolute Gasteiger partial charge is 0.231 e. The zero-order chi connectivity index (χ0) is 15.8. The highest BCUT2D eigenvalue weighted by Crippen LogP contribution is 2.33. The van der Waals surface area contributed by atoms with Gasteiger partial charge in [-0.25, -0.2) is 4.98 Å². The summed E-state index contributed by atoms with van der Waals surface area (Å²) in [6, 6.07) is 20.8. The Hall–Kier alpha value is -3.27. The predicted octanol–water partition coefficient (Wildman–Crippen LogP) is 4.45. The van der Waals surface area contributed by atoms with Crippen LogP contribution >= 0.6 is 0 Å². The summed E-state index contributed by atoms with van der Waals surface area (Å²) in [5, 5.41) is 10.0. The fourth-order valence-electron chi connectivity index (χ4n) is 2.58. The van der Waals surface area contributed by atoms with Gasteiger partial charge in [0.15, 0.2) is 5.58 Å². The van der Waals surface area contributed by atoms with Crippen LogP contribution in [-0.2, 0) is 0 Å². The van der Waals surface area contributed by atoms with Gasteiger partial charge in [0.2, 0.25) is 5.89 Å². The minimum atomic E-state index is 0.0554. The molecule has 4 heteroatoms. The number of hydrogen-bond acceptors (Lipinski definition) is 4. The zero-order valence-electron chi connectivity index (χ0n) is 12.2. The molecule has 112 valence electrons. The molecular weight excluding hydrogens is 288 g/mol. The van der Waals surface area contributed by atoms with Crippen LogP contribution in [0, 0.1) is 0 Å². The van der Waals surface area contributed by atoms with Gasteiger partial charge in [-0.15, -0.1) is 0 Å². The number of aromatic hydroxyl groups is 1. The van der Waals surface area contributed by atoms with Crippen LogP contribution in [0.3, 0.4) is 0 Å². The molecule has 4 rings (SSSR count). The van der Waals surface area contributed by atoms with E-state index in [0.717, 1.165) is 16.6 Å². The first-order valence-electron chi connectivity index (χ1n) is 7.25. The predicted molar refractivity (Wildman–Crippen MR) is 91.0 cm³/mol. The summed E-state index contributed by atoms with van der Waals surface area (Å²) in [5.41, 5.74) is 10.3. The molecule has 4 aromatic rings. The van der Waals surface area contributed by atoms with Crippen LogP contribution in [0.1, 0.15) is 0 Å². The second kappa shape index (κ2) is 5.18. The number of nitrogen functional groups attached to an aromatic ring is 1. The molecule has 0 saturated heterocycles. The molecule has 4 nitrogen and oxygen atoms in total. The quantitative estimate of drug-likeness (QED) is 0.537. The summed E-state index contributed by atoms with van der Waals surface area (Å²) in [7, 11) is 0. The minimum absolute atomic E-state index is 0.0554. The van der Waals surface area contributed by atoms with Crippen molar-refractivity contribution < 1.29 is 9.52 Å². The number of fused-ring (bicyclic) bond motifs is 1. The summed E-state index contributed by atoms with van der Waals surface area (Å²) in [4.78, 5) is 4.49. The molecule has 23 heavy (non-hydrogen) atoms. The number of phenolic OH excluding ortho intramolecular Hbond substituents is 1. The number of benzene rings is 3. The Kier molecular flexibility index (Phi) is 3.01. The lowest BCUT2D eigenvalue weighted by Crippen LogP contribution is -1.85. The van der Waals surface area contributed by atoms with Gasteiger partial charge in [0.05, 0.1) is 5.56 Å². The first kappa shape index (κ1) is 13.4. The van der Waals surface area contributed by atoms with Gasteiger partial charge in [-0.2, -0.15) is 0 Å². The van der Waals surface area contributed by atoms with Crippen LogP contribution in [0.2, 0.25) is 0 Å². The van der Waals surface area contributed by atoms with Gasteiger partial charge in [0.1, 0.15) is 11.3 Å². The second-order valence-corrected chi connectivity index (χ2v) is 5.34. The summed E-state index contributed by atoms with van der Waals surface area (Å²) in [5.74, 6) is 0.433. The Bertz CT molecular complexity index is 991. The summed E-state index contributed by atoms with van der Waals surface area (Å²) >= 11 is 0. The summed E-state index contributed by atoms with van der Waals surface area (Å²) in [6.45, 7) is 0. The van der Waals surface area contributed by atoms with Gasteiger partial charge in [-0.05, 0) is 35.4 Å². The van der Waals surface area contributed by atoms with E-state index in [1.807, 2.05) is 48.5 Å². The van der Waals surface area contributed by atoms with E-state index in [4.69, 9.17) is 10.2 Å². The van der Waals surface area contributed by atoms with Crippen LogP contribution in [0.25, 0.3) is 33.7 Å². The monoisotopic (exact) mass is 302 g/mol. The molecular formula is C19H14N2O2. The number of phenols is 1. The highest BCUT2D eigenvalue weighted by molar-refractivity contribution is 5.83. The minimum Gasteiger partial charge on any atom is -0.507 e. The van der Waals surface area contributed by atoms with E-state index in [1.165, 1.54) is 6.07 Å². The molecule has 0 unspecified atom stereocenters.